The van der Waals surface area contributed by atoms with E-state index in [2.05, 4.69) is 9.97 Å². The van der Waals surface area contributed by atoms with Crippen LogP contribution in [0.4, 0.5) is 18.9 Å². The van der Waals surface area contributed by atoms with Crippen LogP contribution in [0.15, 0.2) is 45.4 Å². The molecular formula is C15H12F3N3O3S2. The molecule has 26 heavy (non-hydrogen) atoms. The van der Waals surface area contributed by atoms with Crippen molar-refractivity contribution in [3.05, 3.63) is 51.9 Å². The first-order chi connectivity index (χ1) is 12.1. The van der Waals surface area contributed by atoms with E-state index in [1.54, 1.807) is 11.4 Å². The number of rotatable bonds is 4. The Morgan fingerprint density at radius 1 is 1.23 bits per heavy atom. The van der Waals surface area contributed by atoms with Crippen molar-refractivity contribution in [3.63, 3.8) is 0 Å². The molecule has 3 aromatic rings. The van der Waals surface area contributed by atoms with E-state index in [1.807, 2.05) is 0 Å². The molecule has 0 unspecified atom stereocenters. The predicted molar refractivity (Wildman–Crippen MR) is 92.0 cm³/mol. The molecule has 2 aromatic heterocycles. The summed E-state index contributed by atoms with van der Waals surface area (Å²) >= 11 is 1.22. The number of fused-ring (bicyclic) bond motifs is 1. The maximum Gasteiger partial charge on any atom is 0.501 e. The molecule has 0 aliphatic rings. The molecule has 0 atom stereocenters. The number of sulfone groups is 1. The van der Waals surface area contributed by atoms with Gasteiger partial charge in [0.1, 0.15) is 10.5 Å². The summed E-state index contributed by atoms with van der Waals surface area (Å²) in [5.41, 5.74) is -5.44. The summed E-state index contributed by atoms with van der Waals surface area (Å²) in [4.78, 5) is 19.2. The number of aromatic nitrogens is 2. The number of halogens is 3. The maximum atomic E-state index is 12.9. The number of alkyl halides is 3. The first kappa shape index (κ1) is 18.4. The van der Waals surface area contributed by atoms with E-state index < -0.39 is 20.2 Å². The number of thiophene rings is 1. The van der Waals surface area contributed by atoms with Crippen LogP contribution in [0.2, 0.25) is 0 Å². The second-order valence-electron chi connectivity index (χ2n) is 5.42. The molecule has 1 aromatic carbocycles. The Morgan fingerprint density at radius 2 is 1.92 bits per heavy atom. The molecule has 0 radical (unpaired) electrons. The number of hydrogen-bond acceptors (Lipinski definition) is 6. The van der Waals surface area contributed by atoms with E-state index in [1.165, 1.54) is 41.5 Å². The first-order valence-corrected chi connectivity index (χ1v) is 9.55. The average Bonchev–Trinajstić information content (AvgIpc) is 3.02. The summed E-state index contributed by atoms with van der Waals surface area (Å²) < 4.78 is 62.8. The lowest BCUT2D eigenvalue weighted by Crippen LogP contribution is -2.27. The van der Waals surface area contributed by atoms with Gasteiger partial charge in [0.2, 0.25) is 0 Å². The van der Waals surface area contributed by atoms with Crippen LogP contribution >= 0.6 is 11.3 Å². The van der Waals surface area contributed by atoms with E-state index in [4.69, 9.17) is 0 Å². The summed E-state index contributed by atoms with van der Waals surface area (Å²) in [6, 6.07) is 6.46. The van der Waals surface area contributed by atoms with Gasteiger partial charge in [-0.3, -0.25) is 4.79 Å². The number of aromatic amines is 1. The van der Waals surface area contributed by atoms with Crippen LogP contribution < -0.4 is 10.5 Å². The molecule has 138 valence electrons. The predicted octanol–water partition coefficient (Wildman–Crippen LogP) is 2.91. The molecule has 0 saturated carbocycles. The summed E-state index contributed by atoms with van der Waals surface area (Å²) in [5, 5.41) is 1.70. The number of nitrogens with zero attached hydrogens (tertiary/aromatic N) is 2. The number of anilines is 1. The number of hydrogen-bond donors (Lipinski definition) is 1. The highest BCUT2D eigenvalue weighted by Crippen LogP contribution is 2.35. The normalized spacial score (nSPS) is 12.5. The van der Waals surface area contributed by atoms with Crippen LogP contribution in [0, 0.1) is 0 Å². The third-order valence-electron chi connectivity index (χ3n) is 3.62. The van der Waals surface area contributed by atoms with Crippen LogP contribution in [0.5, 0.6) is 0 Å². The molecular weight excluding hydrogens is 391 g/mol. The summed E-state index contributed by atoms with van der Waals surface area (Å²) in [6.07, 6.45) is 0. The Bertz CT molecular complexity index is 1120. The Kier molecular flexibility index (Phi) is 4.53. The van der Waals surface area contributed by atoms with Gasteiger partial charge in [-0.05, 0) is 23.6 Å². The Hall–Kier alpha value is -2.40. The third-order valence-corrected chi connectivity index (χ3v) is 6.06. The fraction of sp³-hybridized carbons (Fsp3) is 0.200. The van der Waals surface area contributed by atoms with Crippen molar-refractivity contribution in [2.75, 3.05) is 11.9 Å². The van der Waals surface area contributed by atoms with Gasteiger partial charge in [-0.15, -0.1) is 11.3 Å². The van der Waals surface area contributed by atoms with Gasteiger partial charge >= 0.3 is 5.51 Å². The van der Waals surface area contributed by atoms with E-state index >= 15 is 0 Å². The van der Waals surface area contributed by atoms with Crippen LogP contribution in [0.3, 0.4) is 0 Å². The summed E-state index contributed by atoms with van der Waals surface area (Å²) in [6.45, 7) is -0.0780. The van der Waals surface area contributed by atoms with Crippen molar-refractivity contribution in [1.82, 2.24) is 9.97 Å². The van der Waals surface area contributed by atoms with Gasteiger partial charge in [-0.2, -0.15) is 13.2 Å². The molecule has 2 heterocycles. The van der Waals surface area contributed by atoms with Gasteiger partial charge in [0.15, 0.2) is 0 Å². The van der Waals surface area contributed by atoms with E-state index in [0.717, 1.165) is 6.07 Å². The second-order valence-corrected chi connectivity index (χ2v) is 8.25. The topological polar surface area (TPSA) is 83.1 Å². The number of benzene rings is 1. The van der Waals surface area contributed by atoms with Crippen LogP contribution in [-0.4, -0.2) is 30.9 Å². The van der Waals surface area contributed by atoms with Crippen LogP contribution in [-0.2, 0) is 16.4 Å². The molecule has 0 fully saturated rings. The minimum atomic E-state index is -5.51. The molecule has 6 nitrogen and oxygen atoms in total. The van der Waals surface area contributed by atoms with Gasteiger partial charge < -0.3 is 9.88 Å². The van der Waals surface area contributed by atoms with Gasteiger partial charge in [0.25, 0.3) is 15.4 Å². The SMILES string of the molecule is CN(Cc1nc2ccsc2c(=O)[nH]1)c1ccccc1S(=O)(=O)C(F)(F)F. The van der Waals surface area contributed by atoms with Crippen molar-refractivity contribution in [3.8, 4) is 0 Å². The largest absolute Gasteiger partial charge is 0.501 e. The summed E-state index contributed by atoms with van der Waals surface area (Å²) in [7, 11) is -4.09. The molecule has 1 N–H and O–H groups in total. The van der Waals surface area contributed by atoms with Crippen molar-refractivity contribution in [2.24, 2.45) is 0 Å². The zero-order chi connectivity index (χ0) is 19.1. The number of nitrogens with one attached hydrogen (secondary N) is 1. The highest BCUT2D eigenvalue weighted by molar-refractivity contribution is 7.92. The Labute approximate surface area is 149 Å². The second kappa shape index (κ2) is 6.40. The lowest BCUT2D eigenvalue weighted by atomic mass is 10.3. The van der Waals surface area contributed by atoms with Gasteiger partial charge in [0.05, 0.1) is 22.6 Å². The van der Waals surface area contributed by atoms with Gasteiger partial charge in [0, 0.05) is 7.05 Å². The third kappa shape index (κ3) is 3.19. The lowest BCUT2D eigenvalue weighted by Gasteiger charge is -2.22. The molecule has 0 spiro atoms. The molecule has 0 saturated heterocycles. The van der Waals surface area contributed by atoms with Gasteiger partial charge in [-0.1, -0.05) is 12.1 Å². The standard InChI is InChI=1S/C15H12F3N3O3S2/c1-21(8-12-19-9-6-7-25-13(9)14(22)20-12)10-4-2-3-5-11(10)26(23,24)15(16,17)18/h2-7H,8H2,1H3,(H,19,20,22). The highest BCUT2D eigenvalue weighted by Gasteiger charge is 2.48. The van der Waals surface area contributed by atoms with E-state index in [0.29, 0.717) is 10.2 Å². The van der Waals surface area contributed by atoms with E-state index in [-0.39, 0.29) is 23.6 Å². The molecule has 0 aliphatic carbocycles. The average molecular weight is 403 g/mol. The quantitative estimate of drug-likeness (QED) is 0.724. The zero-order valence-corrected chi connectivity index (χ0v) is 14.9. The Balaban J connectivity index is 2.00. The summed E-state index contributed by atoms with van der Waals surface area (Å²) in [5.74, 6) is 0.211. The first-order valence-electron chi connectivity index (χ1n) is 7.19. The minimum Gasteiger partial charge on any atom is -0.366 e. The van der Waals surface area contributed by atoms with Crippen LogP contribution in [0.1, 0.15) is 5.82 Å². The maximum absolute atomic E-state index is 12.9. The highest BCUT2D eigenvalue weighted by atomic mass is 32.2. The van der Waals surface area contributed by atoms with Crippen molar-refractivity contribution in [2.45, 2.75) is 16.9 Å². The minimum absolute atomic E-state index is 0.0780. The number of para-hydroxylation sites is 1. The van der Waals surface area contributed by atoms with E-state index in [9.17, 15) is 26.4 Å². The smallest absolute Gasteiger partial charge is 0.366 e. The zero-order valence-electron chi connectivity index (χ0n) is 13.2. The molecule has 0 aliphatic heterocycles. The van der Waals surface area contributed by atoms with Gasteiger partial charge in [-0.25, -0.2) is 13.4 Å². The van der Waals surface area contributed by atoms with Crippen LogP contribution in [0.25, 0.3) is 10.2 Å². The molecule has 11 heteroatoms. The number of H-pyrrole nitrogens is 1. The monoisotopic (exact) mass is 403 g/mol. The van der Waals surface area contributed by atoms with Crippen molar-refractivity contribution < 1.29 is 21.6 Å². The molecule has 0 amide bonds. The van der Waals surface area contributed by atoms with Crippen molar-refractivity contribution >= 4 is 37.1 Å². The Morgan fingerprint density at radius 3 is 2.62 bits per heavy atom. The lowest BCUT2D eigenvalue weighted by molar-refractivity contribution is -0.0435. The van der Waals surface area contributed by atoms with Crippen molar-refractivity contribution in [1.29, 1.82) is 0 Å². The fourth-order valence-corrected chi connectivity index (χ4v) is 4.16. The fourth-order valence-electron chi connectivity index (χ4n) is 2.43. The molecule has 0 bridgehead atoms. The molecule has 3 rings (SSSR count).